The molecular formula is C29H29ClF7N5O. The Morgan fingerprint density at radius 3 is 2.07 bits per heavy atom. The van der Waals surface area contributed by atoms with Gasteiger partial charge in [-0.2, -0.15) is 26.3 Å². The summed E-state index contributed by atoms with van der Waals surface area (Å²) in [4.78, 5) is 20.5. The van der Waals surface area contributed by atoms with Crippen molar-refractivity contribution in [3.05, 3.63) is 101 Å². The van der Waals surface area contributed by atoms with Crippen molar-refractivity contribution in [3.8, 4) is 0 Å². The maximum atomic E-state index is 13.4. The third-order valence-electron chi connectivity index (χ3n) is 6.65. The number of nitrogens with one attached hydrogen (secondary N) is 1. The van der Waals surface area contributed by atoms with Crippen LogP contribution in [0.1, 0.15) is 28.1 Å². The van der Waals surface area contributed by atoms with Crippen LogP contribution < -0.4 is 5.32 Å². The zero-order valence-electron chi connectivity index (χ0n) is 23.1. The summed E-state index contributed by atoms with van der Waals surface area (Å²) in [7, 11) is 3.30. The highest BCUT2D eigenvalue weighted by atomic mass is 35.5. The van der Waals surface area contributed by atoms with Gasteiger partial charge in [0.05, 0.1) is 28.7 Å². The molecule has 0 unspecified atom stereocenters. The molecule has 232 valence electrons. The third kappa shape index (κ3) is 8.83. The van der Waals surface area contributed by atoms with Crippen LogP contribution in [0.25, 0.3) is 11.0 Å². The van der Waals surface area contributed by atoms with Crippen molar-refractivity contribution < 1.29 is 35.5 Å². The number of rotatable bonds is 9. The molecule has 3 aromatic carbocycles. The summed E-state index contributed by atoms with van der Waals surface area (Å²) in [5, 5.41) is 2.38. The van der Waals surface area contributed by atoms with E-state index in [0.29, 0.717) is 31.8 Å². The van der Waals surface area contributed by atoms with Crippen molar-refractivity contribution in [2.45, 2.75) is 32.0 Å². The molecule has 0 fully saturated rings. The first-order valence-corrected chi connectivity index (χ1v) is 12.8. The molecule has 0 atom stereocenters. The number of halogens is 8. The van der Waals surface area contributed by atoms with Crippen LogP contribution in [-0.4, -0.2) is 52.6 Å². The molecule has 0 saturated heterocycles. The lowest BCUT2D eigenvalue weighted by Gasteiger charge is -2.23. The first-order valence-electron chi connectivity index (χ1n) is 12.8. The Morgan fingerprint density at radius 1 is 0.860 bits per heavy atom. The van der Waals surface area contributed by atoms with E-state index in [1.165, 1.54) is 24.1 Å². The van der Waals surface area contributed by atoms with Crippen LogP contribution in [0.3, 0.4) is 0 Å². The number of benzene rings is 3. The quantitative estimate of drug-likeness (QED) is 0.203. The summed E-state index contributed by atoms with van der Waals surface area (Å²) in [5.74, 6) is 0.420. The van der Waals surface area contributed by atoms with Gasteiger partial charge in [-0.25, -0.2) is 14.2 Å². The van der Waals surface area contributed by atoms with Crippen LogP contribution >= 0.6 is 12.4 Å². The molecule has 2 amide bonds. The van der Waals surface area contributed by atoms with E-state index in [2.05, 4.69) is 5.32 Å². The highest BCUT2D eigenvalue weighted by Gasteiger charge is 2.36. The normalized spacial score (nSPS) is 12.0. The molecule has 0 spiro atoms. The number of fused-ring (bicyclic) bond motifs is 1. The second kappa shape index (κ2) is 13.6. The van der Waals surface area contributed by atoms with Gasteiger partial charge in [0, 0.05) is 33.2 Å². The summed E-state index contributed by atoms with van der Waals surface area (Å²) in [6, 6.07) is 14.4. The van der Waals surface area contributed by atoms with E-state index in [9.17, 15) is 35.5 Å². The van der Waals surface area contributed by atoms with E-state index in [1.807, 2.05) is 40.8 Å². The largest absolute Gasteiger partial charge is 0.416 e. The Labute approximate surface area is 249 Å². The van der Waals surface area contributed by atoms with Crippen molar-refractivity contribution in [2.24, 2.45) is 0 Å². The second-order valence-electron chi connectivity index (χ2n) is 9.96. The van der Waals surface area contributed by atoms with Crippen molar-refractivity contribution in [3.63, 3.8) is 0 Å². The fourth-order valence-electron chi connectivity index (χ4n) is 4.37. The van der Waals surface area contributed by atoms with Gasteiger partial charge in [-0.15, -0.1) is 12.4 Å². The lowest BCUT2D eigenvalue weighted by molar-refractivity contribution is -0.143. The number of carbonyl (C=O) groups excluding carboxylic acids is 1. The first kappa shape index (κ1) is 33.7. The lowest BCUT2D eigenvalue weighted by atomic mass is 10.0. The number of urea groups is 1. The van der Waals surface area contributed by atoms with E-state index in [-0.39, 0.29) is 36.4 Å². The number of nitrogens with zero attached hydrogens (tertiary/aromatic N) is 4. The smallest absolute Gasteiger partial charge is 0.334 e. The summed E-state index contributed by atoms with van der Waals surface area (Å²) in [6.07, 6.45) is -9.94. The molecule has 1 aromatic heterocycles. The van der Waals surface area contributed by atoms with Crippen LogP contribution in [0.15, 0.2) is 66.7 Å². The summed E-state index contributed by atoms with van der Waals surface area (Å²) in [6.45, 7) is 0.982. The van der Waals surface area contributed by atoms with Gasteiger partial charge in [0.2, 0.25) is 0 Å². The molecule has 6 nitrogen and oxygen atoms in total. The predicted molar refractivity (Wildman–Crippen MR) is 150 cm³/mol. The first-order chi connectivity index (χ1) is 19.7. The Morgan fingerprint density at radius 2 is 1.47 bits per heavy atom. The Balaban J connectivity index is 0.00000506. The number of hydrogen-bond donors (Lipinski definition) is 1. The van der Waals surface area contributed by atoms with Crippen molar-refractivity contribution >= 4 is 29.5 Å². The maximum absolute atomic E-state index is 13.4. The SMILES string of the molecule is CN(CCN(C)C(=O)NCc1cc(C(F)(F)F)cc(C(F)(F)F)c1)Cc1nc2ccccc2n1Cc1ccc(F)cc1.Cl. The maximum Gasteiger partial charge on any atom is 0.416 e. The minimum atomic E-state index is -4.97. The predicted octanol–water partition coefficient (Wildman–Crippen LogP) is 6.96. The molecule has 0 aliphatic heterocycles. The Bertz CT molecular complexity index is 1510. The minimum Gasteiger partial charge on any atom is -0.334 e. The van der Waals surface area contributed by atoms with E-state index in [1.54, 1.807) is 12.1 Å². The molecule has 0 bridgehead atoms. The second-order valence-corrected chi connectivity index (χ2v) is 9.96. The molecule has 43 heavy (non-hydrogen) atoms. The van der Waals surface area contributed by atoms with Crippen LogP contribution in [-0.2, 0) is 32.0 Å². The average molecular weight is 632 g/mol. The molecular weight excluding hydrogens is 603 g/mol. The van der Waals surface area contributed by atoms with E-state index >= 15 is 0 Å². The van der Waals surface area contributed by atoms with Crippen molar-refractivity contribution in [1.82, 2.24) is 24.7 Å². The number of alkyl halides is 6. The molecule has 0 aliphatic rings. The van der Waals surface area contributed by atoms with Crippen LogP contribution in [0, 0.1) is 5.82 Å². The fraction of sp³-hybridized carbons (Fsp3) is 0.310. The number of amides is 2. The molecule has 1 heterocycles. The molecule has 0 radical (unpaired) electrons. The zero-order valence-corrected chi connectivity index (χ0v) is 24.0. The Hall–Kier alpha value is -3.84. The van der Waals surface area contributed by atoms with Gasteiger partial charge < -0.3 is 14.8 Å². The molecule has 14 heteroatoms. The van der Waals surface area contributed by atoms with Crippen LogP contribution in [0.5, 0.6) is 0 Å². The van der Waals surface area contributed by atoms with E-state index in [4.69, 9.17) is 4.98 Å². The average Bonchev–Trinajstić information content (AvgIpc) is 3.26. The van der Waals surface area contributed by atoms with Gasteiger partial charge in [-0.3, -0.25) is 4.90 Å². The molecule has 0 aliphatic carbocycles. The van der Waals surface area contributed by atoms with Crippen molar-refractivity contribution in [2.75, 3.05) is 27.2 Å². The monoisotopic (exact) mass is 631 g/mol. The highest BCUT2D eigenvalue weighted by Crippen LogP contribution is 2.36. The number of para-hydroxylation sites is 2. The van der Waals surface area contributed by atoms with Gasteiger partial charge in [0.15, 0.2) is 0 Å². The number of likely N-dealkylation sites (N-methyl/N-ethyl adjacent to an activating group) is 2. The minimum absolute atomic E-state index is 0. The lowest BCUT2D eigenvalue weighted by Crippen LogP contribution is -2.40. The zero-order chi connectivity index (χ0) is 30.7. The van der Waals surface area contributed by atoms with E-state index in [0.717, 1.165) is 22.4 Å². The Kier molecular flexibility index (Phi) is 10.7. The van der Waals surface area contributed by atoms with Gasteiger partial charge in [0.1, 0.15) is 11.6 Å². The van der Waals surface area contributed by atoms with E-state index < -0.39 is 36.1 Å². The van der Waals surface area contributed by atoms with Gasteiger partial charge in [0.25, 0.3) is 0 Å². The fourth-order valence-corrected chi connectivity index (χ4v) is 4.37. The number of hydrogen-bond acceptors (Lipinski definition) is 3. The molecule has 4 aromatic rings. The number of imidazole rings is 1. The highest BCUT2D eigenvalue weighted by molar-refractivity contribution is 5.85. The van der Waals surface area contributed by atoms with Gasteiger partial charge in [-0.05, 0) is 60.6 Å². The number of carbonyl (C=O) groups is 1. The third-order valence-corrected chi connectivity index (χ3v) is 6.65. The van der Waals surface area contributed by atoms with Gasteiger partial charge >= 0.3 is 18.4 Å². The summed E-state index contributed by atoms with van der Waals surface area (Å²) < 4.78 is 94.1. The van der Waals surface area contributed by atoms with Crippen LogP contribution in [0.4, 0.5) is 35.5 Å². The standard InChI is InChI=1S/C29H28F7N5O.ClH/c1-39(18-26-38-24-5-3-4-6-25(24)41(26)17-19-7-9-23(30)10-8-19)11-12-40(2)27(42)37-16-20-13-21(28(31,32)33)15-22(14-20)29(34,35)36;/h3-10,13-15H,11-12,16-18H2,1-2H3,(H,37,42);1H. The van der Waals surface area contributed by atoms with Crippen LogP contribution in [0.2, 0.25) is 0 Å². The summed E-state index contributed by atoms with van der Waals surface area (Å²) in [5.41, 5.74) is -0.615. The topological polar surface area (TPSA) is 53.4 Å². The van der Waals surface area contributed by atoms with Crippen molar-refractivity contribution in [1.29, 1.82) is 0 Å². The molecule has 1 N–H and O–H groups in total. The van der Waals surface area contributed by atoms with Gasteiger partial charge in [-0.1, -0.05) is 24.3 Å². The number of aromatic nitrogens is 2. The summed E-state index contributed by atoms with van der Waals surface area (Å²) >= 11 is 0. The molecule has 4 rings (SSSR count). The molecule has 0 saturated carbocycles.